The van der Waals surface area contributed by atoms with Crippen molar-refractivity contribution in [3.8, 4) is 0 Å². The molecule has 1 amide bonds. The van der Waals surface area contributed by atoms with E-state index in [2.05, 4.69) is 20.5 Å². The van der Waals surface area contributed by atoms with Crippen molar-refractivity contribution in [2.45, 2.75) is 17.3 Å². The van der Waals surface area contributed by atoms with E-state index in [1.807, 2.05) is 7.05 Å². The van der Waals surface area contributed by atoms with Crippen molar-refractivity contribution in [1.82, 2.24) is 19.7 Å². The molecule has 0 radical (unpaired) electrons. The minimum Gasteiger partial charge on any atom is -0.322 e. The second kappa shape index (κ2) is 6.03. The van der Waals surface area contributed by atoms with Crippen LogP contribution in [0.4, 0.5) is 5.69 Å². The molecule has 2 heterocycles. The van der Waals surface area contributed by atoms with Gasteiger partial charge in [-0.15, -0.1) is 10.2 Å². The standard InChI is InChI=1S/C11H12ClN5OS/c1-7(19-11-16-14-6-17(11)2)10(18)15-8-4-3-5-13-9(8)12/h3-7H,1-2H3,(H,15,18)/t7-/m0/s1. The number of aromatic nitrogens is 4. The predicted octanol–water partition coefficient (Wildman–Crippen LogP) is 1.98. The minimum atomic E-state index is -0.320. The van der Waals surface area contributed by atoms with Crippen LogP contribution in [-0.2, 0) is 11.8 Å². The second-order valence-corrected chi connectivity index (χ2v) is 5.48. The molecule has 0 aromatic carbocycles. The zero-order chi connectivity index (χ0) is 13.8. The van der Waals surface area contributed by atoms with Crippen molar-refractivity contribution in [1.29, 1.82) is 0 Å². The van der Waals surface area contributed by atoms with E-state index < -0.39 is 0 Å². The number of anilines is 1. The first-order chi connectivity index (χ1) is 9.08. The summed E-state index contributed by atoms with van der Waals surface area (Å²) in [7, 11) is 1.82. The fourth-order valence-corrected chi connectivity index (χ4v) is 2.26. The monoisotopic (exact) mass is 297 g/mol. The molecule has 1 N–H and O–H groups in total. The molecule has 8 heteroatoms. The maximum Gasteiger partial charge on any atom is 0.237 e. The van der Waals surface area contributed by atoms with Gasteiger partial charge in [0.1, 0.15) is 6.33 Å². The second-order valence-electron chi connectivity index (χ2n) is 3.82. The zero-order valence-corrected chi connectivity index (χ0v) is 11.9. The Balaban J connectivity index is 2.00. The Morgan fingerprint density at radius 1 is 1.58 bits per heavy atom. The molecule has 2 rings (SSSR count). The third-order valence-corrected chi connectivity index (χ3v) is 3.79. The Kier molecular flexibility index (Phi) is 4.39. The van der Waals surface area contributed by atoms with Gasteiger partial charge in [0.15, 0.2) is 10.3 Å². The number of amides is 1. The Labute approximate surface area is 119 Å². The number of pyridine rings is 1. The van der Waals surface area contributed by atoms with Gasteiger partial charge in [-0.05, 0) is 19.1 Å². The number of rotatable bonds is 4. The van der Waals surface area contributed by atoms with Crippen LogP contribution in [0.2, 0.25) is 5.15 Å². The lowest BCUT2D eigenvalue weighted by Crippen LogP contribution is -2.23. The molecule has 6 nitrogen and oxygen atoms in total. The van der Waals surface area contributed by atoms with E-state index in [0.717, 1.165) is 0 Å². The van der Waals surface area contributed by atoms with E-state index in [-0.39, 0.29) is 16.3 Å². The number of carbonyl (C=O) groups excluding carboxylic acids is 1. The van der Waals surface area contributed by atoms with Crippen molar-refractivity contribution >= 4 is 35.0 Å². The molecular weight excluding hydrogens is 286 g/mol. The fourth-order valence-electron chi connectivity index (χ4n) is 1.30. The Hall–Kier alpha value is -1.60. The molecule has 0 aliphatic carbocycles. The first-order valence-electron chi connectivity index (χ1n) is 5.50. The lowest BCUT2D eigenvalue weighted by atomic mass is 10.4. The van der Waals surface area contributed by atoms with Crippen molar-refractivity contribution in [2.24, 2.45) is 7.05 Å². The van der Waals surface area contributed by atoms with Gasteiger partial charge in [0.2, 0.25) is 5.91 Å². The third kappa shape index (κ3) is 3.45. The average Bonchev–Trinajstić information content (AvgIpc) is 2.78. The number of hydrogen-bond donors (Lipinski definition) is 1. The van der Waals surface area contributed by atoms with Crippen molar-refractivity contribution < 1.29 is 4.79 Å². The van der Waals surface area contributed by atoms with Crippen molar-refractivity contribution in [3.63, 3.8) is 0 Å². The number of halogens is 1. The van der Waals surface area contributed by atoms with Crippen LogP contribution in [0, 0.1) is 0 Å². The summed E-state index contributed by atoms with van der Waals surface area (Å²) in [5.74, 6) is -0.164. The summed E-state index contributed by atoms with van der Waals surface area (Å²) in [4.78, 5) is 15.9. The molecule has 0 aliphatic heterocycles. The smallest absolute Gasteiger partial charge is 0.237 e. The van der Waals surface area contributed by atoms with E-state index in [0.29, 0.717) is 10.8 Å². The van der Waals surface area contributed by atoms with E-state index in [1.54, 1.807) is 36.1 Å². The number of aryl methyl sites for hydroxylation is 1. The molecule has 19 heavy (non-hydrogen) atoms. The van der Waals surface area contributed by atoms with Crippen molar-refractivity contribution in [2.75, 3.05) is 5.32 Å². The first kappa shape index (κ1) is 13.8. The van der Waals surface area contributed by atoms with E-state index in [1.165, 1.54) is 11.8 Å². The van der Waals surface area contributed by atoms with Gasteiger partial charge in [-0.25, -0.2) is 4.98 Å². The largest absolute Gasteiger partial charge is 0.322 e. The van der Waals surface area contributed by atoms with Crippen LogP contribution in [0.1, 0.15) is 6.92 Å². The fraction of sp³-hybridized carbons (Fsp3) is 0.273. The lowest BCUT2D eigenvalue weighted by Gasteiger charge is -2.11. The molecule has 0 aliphatic rings. The van der Waals surface area contributed by atoms with Gasteiger partial charge >= 0.3 is 0 Å². The maximum absolute atomic E-state index is 12.0. The van der Waals surface area contributed by atoms with Gasteiger partial charge in [-0.3, -0.25) is 4.79 Å². The molecule has 2 aromatic heterocycles. The highest BCUT2D eigenvalue weighted by Crippen LogP contribution is 2.23. The SMILES string of the molecule is C[C@H](Sc1nncn1C)C(=O)Nc1cccnc1Cl. The lowest BCUT2D eigenvalue weighted by molar-refractivity contribution is -0.115. The molecule has 0 saturated heterocycles. The van der Waals surface area contributed by atoms with Gasteiger partial charge < -0.3 is 9.88 Å². The number of nitrogens with one attached hydrogen (secondary N) is 1. The topological polar surface area (TPSA) is 72.7 Å². The van der Waals surface area contributed by atoms with Crippen LogP contribution in [-0.4, -0.2) is 30.9 Å². The third-order valence-electron chi connectivity index (χ3n) is 2.34. The number of thioether (sulfide) groups is 1. The van der Waals surface area contributed by atoms with Crippen LogP contribution < -0.4 is 5.32 Å². The maximum atomic E-state index is 12.0. The van der Waals surface area contributed by atoms with Crippen LogP contribution in [0.3, 0.4) is 0 Å². The van der Waals surface area contributed by atoms with Crippen LogP contribution in [0.15, 0.2) is 29.8 Å². The Bertz CT molecular complexity index is 588. The van der Waals surface area contributed by atoms with Crippen LogP contribution in [0.25, 0.3) is 0 Å². The molecule has 0 unspecified atom stereocenters. The first-order valence-corrected chi connectivity index (χ1v) is 6.75. The summed E-state index contributed by atoms with van der Waals surface area (Å²) in [6, 6.07) is 3.41. The summed E-state index contributed by atoms with van der Waals surface area (Å²) in [5.41, 5.74) is 0.500. The number of nitrogens with zero attached hydrogens (tertiary/aromatic N) is 4. The summed E-state index contributed by atoms with van der Waals surface area (Å²) in [5, 5.41) is 11.0. The summed E-state index contributed by atoms with van der Waals surface area (Å²) in [6.07, 6.45) is 3.15. The van der Waals surface area contributed by atoms with Crippen LogP contribution >= 0.6 is 23.4 Å². The number of carbonyl (C=O) groups is 1. The summed E-state index contributed by atoms with van der Waals surface area (Å²) < 4.78 is 1.76. The van der Waals surface area contributed by atoms with Crippen LogP contribution in [0.5, 0.6) is 0 Å². The van der Waals surface area contributed by atoms with E-state index >= 15 is 0 Å². The molecule has 2 aromatic rings. The highest BCUT2D eigenvalue weighted by Gasteiger charge is 2.18. The average molecular weight is 298 g/mol. The molecule has 1 atom stereocenters. The van der Waals surface area contributed by atoms with Gasteiger partial charge in [0.05, 0.1) is 10.9 Å². The highest BCUT2D eigenvalue weighted by molar-refractivity contribution is 8.00. The van der Waals surface area contributed by atoms with E-state index in [4.69, 9.17) is 11.6 Å². The Morgan fingerprint density at radius 2 is 2.37 bits per heavy atom. The van der Waals surface area contributed by atoms with E-state index in [9.17, 15) is 4.79 Å². The quantitative estimate of drug-likeness (QED) is 0.690. The van der Waals surface area contributed by atoms with Gasteiger partial charge in [-0.2, -0.15) is 0 Å². The zero-order valence-electron chi connectivity index (χ0n) is 10.4. The molecule has 100 valence electrons. The minimum absolute atomic E-state index is 0.164. The summed E-state index contributed by atoms with van der Waals surface area (Å²) in [6.45, 7) is 1.79. The van der Waals surface area contributed by atoms with Gasteiger partial charge in [0, 0.05) is 13.2 Å². The molecule has 0 saturated carbocycles. The normalized spacial score (nSPS) is 12.2. The summed E-state index contributed by atoms with van der Waals surface area (Å²) >= 11 is 7.21. The molecule has 0 fully saturated rings. The van der Waals surface area contributed by atoms with Gasteiger partial charge in [-0.1, -0.05) is 23.4 Å². The van der Waals surface area contributed by atoms with Gasteiger partial charge in [0.25, 0.3) is 0 Å². The molecule has 0 spiro atoms. The molecule has 0 bridgehead atoms. The highest BCUT2D eigenvalue weighted by atomic mass is 35.5. The number of hydrogen-bond acceptors (Lipinski definition) is 5. The van der Waals surface area contributed by atoms with Crippen molar-refractivity contribution in [3.05, 3.63) is 29.8 Å². The predicted molar refractivity (Wildman–Crippen MR) is 74.2 cm³/mol. The Morgan fingerprint density at radius 3 is 3.00 bits per heavy atom. The molecular formula is C11H12ClN5OS.